The standard InChI is InChI=1S/C9H16N4O/c1-2-13(6-7-14)9-5-3-4-8(11-9)12-10/h3-5,14H,2,6-7,10H2,1H3,(H,11,12). The summed E-state index contributed by atoms with van der Waals surface area (Å²) in [7, 11) is 0. The fourth-order valence-corrected chi connectivity index (χ4v) is 1.24. The minimum atomic E-state index is 0.121. The van der Waals surface area contributed by atoms with E-state index in [0.29, 0.717) is 12.4 Å². The molecule has 1 heterocycles. The van der Waals surface area contributed by atoms with Gasteiger partial charge in [-0.25, -0.2) is 10.8 Å². The minimum Gasteiger partial charge on any atom is -0.395 e. The summed E-state index contributed by atoms with van der Waals surface area (Å²) >= 11 is 0. The topological polar surface area (TPSA) is 74.4 Å². The number of pyridine rings is 1. The van der Waals surface area contributed by atoms with Gasteiger partial charge in [-0.15, -0.1) is 0 Å². The fraction of sp³-hybridized carbons (Fsp3) is 0.444. The molecule has 78 valence electrons. The Balaban J connectivity index is 2.80. The van der Waals surface area contributed by atoms with Crippen molar-refractivity contribution in [3.05, 3.63) is 18.2 Å². The number of nitrogens with two attached hydrogens (primary N) is 1. The summed E-state index contributed by atoms with van der Waals surface area (Å²) in [5.41, 5.74) is 2.49. The Bertz CT molecular complexity index is 279. The molecule has 0 saturated carbocycles. The highest BCUT2D eigenvalue weighted by Gasteiger charge is 2.04. The van der Waals surface area contributed by atoms with Crippen LogP contribution in [0.3, 0.4) is 0 Å². The van der Waals surface area contributed by atoms with Crippen LogP contribution in [0.1, 0.15) is 6.92 Å². The van der Waals surface area contributed by atoms with Gasteiger partial charge in [-0.1, -0.05) is 6.07 Å². The second-order valence-corrected chi connectivity index (χ2v) is 2.83. The van der Waals surface area contributed by atoms with E-state index in [4.69, 9.17) is 10.9 Å². The number of aliphatic hydroxyl groups is 1. The summed E-state index contributed by atoms with van der Waals surface area (Å²) in [6.07, 6.45) is 0. The summed E-state index contributed by atoms with van der Waals surface area (Å²) < 4.78 is 0. The Morgan fingerprint density at radius 1 is 1.57 bits per heavy atom. The van der Waals surface area contributed by atoms with Crippen LogP contribution in [0.2, 0.25) is 0 Å². The maximum atomic E-state index is 8.85. The summed E-state index contributed by atoms with van der Waals surface area (Å²) in [5.74, 6) is 6.69. The van der Waals surface area contributed by atoms with Gasteiger partial charge < -0.3 is 15.4 Å². The van der Waals surface area contributed by atoms with E-state index in [0.717, 1.165) is 12.4 Å². The molecule has 0 atom stereocenters. The van der Waals surface area contributed by atoms with Gasteiger partial charge in [-0.2, -0.15) is 0 Å². The van der Waals surface area contributed by atoms with E-state index < -0.39 is 0 Å². The van der Waals surface area contributed by atoms with Crippen LogP contribution in [0.5, 0.6) is 0 Å². The first-order valence-corrected chi connectivity index (χ1v) is 4.61. The van der Waals surface area contributed by atoms with Crippen LogP contribution in [0.25, 0.3) is 0 Å². The second-order valence-electron chi connectivity index (χ2n) is 2.83. The average molecular weight is 196 g/mol. The first-order chi connectivity index (χ1) is 6.81. The molecule has 0 amide bonds. The molecule has 0 radical (unpaired) electrons. The fourth-order valence-electron chi connectivity index (χ4n) is 1.24. The molecule has 0 aromatic carbocycles. The first-order valence-electron chi connectivity index (χ1n) is 4.61. The third-order valence-electron chi connectivity index (χ3n) is 1.96. The molecule has 0 aliphatic carbocycles. The van der Waals surface area contributed by atoms with Crippen molar-refractivity contribution in [3.63, 3.8) is 0 Å². The molecule has 1 aromatic rings. The van der Waals surface area contributed by atoms with Gasteiger partial charge in [0.2, 0.25) is 0 Å². The Morgan fingerprint density at radius 2 is 2.36 bits per heavy atom. The first kappa shape index (κ1) is 10.7. The Morgan fingerprint density at radius 3 is 2.93 bits per heavy atom. The summed E-state index contributed by atoms with van der Waals surface area (Å²) in [5, 5.41) is 8.85. The number of hydrogen-bond donors (Lipinski definition) is 3. The second kappa shape index (κ2) is 5.41. The molecule has 0 aliphatic rings. The van der Waals surface area contributed by atoms with Crippen molar-refractivity contribution >= 4 is 11.6 Å². The number of nitrogens with one attached hydrogen (secondary N) is 1. The number of hydrogen-bond acceptors (Lipinski definition) is 5. The number of nitrogens with zero attached hydrogens (tertiary/aromatic N) is 2. The minimum absolute atomic E-state index is 0.121. The molecule has 0 aliphatic heterocycles. The average Bonchev–Trinajstić information content (AvgIpc) is 2.26. The number of anilines is 2. The Kier molecular flexibility index (Phi) is 4.15. The number of nitrogen functional groups attached to an aromatic ring is 1. The molecule has 0 spiro atoms. The monoisotopic (exact) mass is 196 g/mol. The van der Waals surface area contributed by atoms with Crippen LogP contribution in [0.15, 0.2) is 18.2 Å². The molecule has 14 heavy (non-hydrogen) atoms. The SMILES string of the molecule is CCN(CCO)c1cccc(NN)n1. The van der Waals surface area contributed by atoms with E-state index in [9.17, 15) is 0 Å². The van der Waals surface area contributed by atoms with Crippen LogP contribution in [0, 0.1) is 0 Å². The van der Waals surface area contributed by atoms with Crippen molar-refractivity contribution < 1.29 is 5.11 Å². The molecular weight excluding hydrogens is 180 g/mol. The molecule has 4 N–H and O–H groups in total. The molecule has 1 rings (SSSR count). The Hall–Kier alpha value is -1.33. The van der Waals surface area contributed by atoms with Crippen LogP contribution < -0.4 is 16.2 Å². The quantitative estimate of drug-likeness (QED) is 0.463. The zero-order chi connectivity index (χ0) is 10.4. The third kappa shape index (κ3) is 2.58. The van der Waals surface area contributed by atoms with Gasteiger partial charge in [0.15, 0.2) is 0 Å². The lowest BCUT2D eigenvalue weighted by Crippen LogP contribution is -2.27. The molecule has 0 bridgehead atoms. The van der Waals surface area contributed by atoms with Crippen molar-refractivity contribution in [2.24, 2.45) is 5.84 Å². The van der Waals surface area contributed by atoms with Crippen molar-refractivity contribution in [2.75, 3.05) is 30.0 Å². The van der Waals surface area contributed by atoms with Crippen molar-refractivity contribution in [2.45, 2.75) is 6.92 Å². The highest BCUT2D eigenvalue weighted by atomic mass is 16.3. The zero-order valence-electron chi connectivity index (χ0n) is 8.27. The van der Waals surface area contributed by atoms with Gasteiger partial charge in [-0.3, -0.25) is 0 Å². The van der Waals surface area contributed by atoms with Crippen LogP contribution in [-0.4, -0.2) is 29.8 Å². The highest BCUT2D eigenvalue weighted by molar-refractivity contribution is 5.46. The van der Waals surface area contributed by atoms with Crippen LogP contribution in [0.4, 0.5) is 11.6 Å². The third-order valence-corrected chi connectivity index (χ3v) is 1.96. The van der Waals surface area contributed by atoms with Crippen LogP contribution in [-0.2, 0) is 0 Å². The maximum Gasteiger partial charge on any atom is 0.142 e. The largest absolute Gasteiger partial charge is 0.395 e. The summed E-state index contributed by atoms with van der Waals surface area (Å²) in [6, 6.07) is 5.55. The van der Waals surface area contributed by atoms with E-state index in [1.807, 2.05) is 24.0 Å². The van der Waals surface area contributed by atoms with Crippen LogP contribution >= 0.6 is 0 Å². The zero-order valence-corrected chi connectivity index (χ0v) is 8.27. The predicted octanol–water partition coefficient (Wildman–Crippen LogP) is 0.186. The molecular formula is C9H16N4O. The lowest BCUT2D eigenvalue weighted by atomic mass is 10.4. The van der Waals surface area contributed by atoms with Gasteiger partial charge in [0.1, 0.15) is 11.6 Å². The van der Waals surface area contributed by atoms with Crippen molar-refractivity contribution in [1.29, 1.82) is 0 Å². The van der Waals surface area contributed by atoms with E-state index >= 15 is 0 Å². The number of aromatic nitrogens is 1. The summed E-state index contributed by atoms with van der Waals surface area (Å²) in [4.78, 5) is 6.23. The molecule has 0 fully saturated rings. The number of hydrazine groups is 1. The molecule has 0 unspecified atom stereocenters. The predicted molar refractivity (Wildman–Crippen MR) is 57.0 cm³/mol. The van der Waals surface area contributed by atoms with Gasteiger partial charge >= 0.3 is 0 Å². The maximum absolute atomic E-state index is 8.85. The summed E-state index contributed by atoms with van der Waals surface area (Å²) in [6.45, 7) is 3.52. The number of likely N-dealkylation sites (N-methyl/N-ethyl adjacent to an activating group) is 1. The lowest BCUT2D eigenvalue weighted by molar-refractivity contribution is 0.302. The van der Waals surface area contributed by atoms with E-state index in [1.165, 1.54) is 0 Å². The van der Waals surface area contributed by atoms with Gasteiger partial charge in [0.05, 0.1) is 6.61 Å². The van der Waals surface area contributed by atoms with Gasteiger partial charge in [-0.05, 0) is 19.1 Å². The number of rotatable bonds is 5. The Labute approximate surface area is 83.5 Å². The molecule has 0 saturated heterocycles. The number of aliphatic hydroxyl groups excluding tert-OH is 1. The van der Waals surface area contributed by atoms with E-state index in [2.05, 4.69) is 10.4 Å². The smallest absolute Gasteiger partial charge is 0.142 e. The van der Waals surface area contributed by atoms with Gasteiger partial charge in [0.25, 0.3) is 0 Å². The van der Waals surface area contributed by atoms with Crippen molar-refractivity contribution in [1.82, 2.24) is 4.98 Å². The van der Waals surface area contributed by atoms with Gasteiger partial charge in [0, 0.05) is 13.1 Å². The van der Waals surface area contributed by atoms with E-state index in [-0.39, 0.29) is 6.61 Å². The van der Waals surface area contributed by atoms with E-state index in [1.54, 1.807) is 6.07 Å². The van der Waals surface area contributed by atoms with Crippen molar-refractivity contribution in [3.8, 4) is 0 Å². The lowest BCUT2D eigenvalue weighted by Gasteiger charge is -2.20. The highest BCUT2D eigenvalue weighted by Crippen LogP contribution is 2.12. The molecule has 5 nitrogen and oxygen atoms in total. The molecule has 5 heteroatoms. The normalized spacial score (nSPS) is 9.93. The molecule has 1 aromatic heterocycles.